The van der Waals surface area contributed by atoms with Gasteiger partial charge in [0.2, 0.25) is 5.91 Å². The lowest BCUT2D eigenvalue weighted by Crippen LogP contribution is -2.58. The quantitative estimate of drug-likeness (QED) is 0.0290. The van der Waals surface area contributed by atoms with E-state index < -0.39 is 62.8 Å². The van der Waals surface area contributed by atoms with Crippen molar-refractivity contribution in [2.45, 2.75) is 249 Å². The minimum Gasteiger partial charge on any atom is -0.463 e. The number of hydrogen-bond donors (Lipinski definition) is 2. The largest absolute Gasteiger partial charge is 0.463 e. The normalized spacial score (nSPS) is 24.5. The number of unbranched alkanes of at least 4 members (excludes halogenated alkanes) is 25. The van der Waals surface area contributed by atoms with Gasteiger partial charge in [0.25, 0.3) is 0 Å². The van der Waals surface area contributed by atoms with Crippen LogP contribution in [0.15, 0.2) is 12.2 Å². The van der Waals surface area contributed by atoms with Crippen LogP contribution in [0, 0.1) is 0 Å². The van der Waals surface area contributed by atoms with Gasteiger partial charge in [-0.05, 0) is 25.3 Å². The first-order valence-corrected chi connectivity index (χ1v) is 25.1. The average molecular weight is 872 g/mol. The molecule has 2 bridgehead atoms. The Morgan fingerprint density at radius 2 is 1.24 bits per heavy atom. The Morgan fingerprint density at radius 1 is 0.746 bits per heavy atom. The molecule has 13 heteroatoms. The molecular formula is C46H83NO10P2. The summed E-state index contributed by atoms with van der Waals surface area (Å²) in [4.78, 5) is 39.1. The summed E-state index contributed by atoms with van der Waals surface area (Å²) in [5.74, 6) is -1.44. The van der Waals surface area contributed by atoms with Crippen molar-refractivity contribution >= 4 is 35.8 Å². The molecule has 2 heterocycles. The Morgan fingerprint density at radius 3 is 1.75 bits per heavy atom. The zero-order valence-corrected chi connectivity index (χ0v) is 39.0. The van der Waals surface area contributed by atoms with Crippen molar-refractivity contribution in [3.8, 4) is 0 Å². The highest BCUT2D eigenvalue weighted by atomic mass is 31.1. The van der Waals surface area contributed by atoms with E-state index in [0.717, 1.165) is 38.5 Å². The minimum absolute atomic E-state index is 0.119. The molecular weight excluding hydrogens is 788 g/mol. The van der Waals surface area contributed by atoms with Gasteiger partial charge in [-0.2, -0.15) is 0 Å². The van der Waals surface area contributed by atoms with Gasteiger partial charge in [-0.15, -0.1) is 0 Å². The van der Waals surface area contributed by atoms with Gasteiger partial charge < -0.3 is 33.9 Å². The summed E-state index contributed by atoms with van der Waals surface area (Å²) in [5, 5.41) is 14.0. The van der Waals surface area contributed by atoms with Crippen LogP contribution >= 0.6 is 17.9 Å². The van der Waals surface area contributed by atoms with Gasteiger partial charge in [-0.25, -0.2) is 0 Å². The van der Waals surface area contributed by atoms with Crippen LogP contribution in [0.25, 0.3) is 0 Å². The van der Waals surface area contributed by atoms with E-state index in [1.807, 2.05) is 6.08 Å². The zero-order chi connectivity index (χ0) is 42.8. The lowest BCUT2D eigenvalue weighted by Gasteiger charge is -2.41. The lowest BCUT2D eigenvalue weighted by atomic mass is 10.0. The van der Waals surface area contributed by atoms with E-state index in [2.05, 4.69) is 28.6 Å². The van der Waals surface area contributed by atoms with Crippen LogP contribution < -0.4 is 5.32 Å². The first kappa shape index (κ1) is 53.7. The van der Waals surface area contributed by atoms with Crippen molar-refractivity contribution in [1.29, 1.82) is 0 Å². The van der Waals surface area contributed by atoms with Crippen molar-refractivity contribution in [3.05, 3.63) is 12.2 Å². The predicted octanol–water partition coefficient (Wildman–Crippen LogP) is 11.2. The van der Waals surface area contributed by atoms with Crippen LogP contribution in [-0.4, -0.2) is 78.6 Å². The van der Waals surface area contributed by atoms with Crippen LogP contribution in [0.2, 0.25) is 0 Å². The van der Waals surface area contributed by atoms with Gasteiger partial charge in [0.05, 0.1) is 37.3 Å². The first-order valence-electron chi connectivity index (χ1n) is 23.8. The highest BCUT2D eigenvalue weighted by molar-refractivity contribution is 7.25. The first-order chi connectivity index (χ1) is 28.8. The molecule has 2 N–H and O–H groups in total. The zero-order valence-electron chi connectivity index (χ0n) is 37.0. The maximum absolute atomic E-state index is 13.4. The number of nitrogens with one attached hydrogen (secondary N) is 1. The van der Waals surface area contributed by atoms with Crippen LogP contribution in [0.3, 0.4) is 0 Å². The summed E-state index contributed by atoms with van der Waals surface area (Å²) in [7, 11) is 1.71. The highest BCUT2D eigenvalue weighted by Gasteiger charge is 2.48. The van der Waals surface area contributed by atoms with E-state index >= 15 is 0 Å². The van der Waals surface area contributed by atoms with Crippen molar-refractivity contribution in [2.24, 2.45) is 0 Å². The molecule has 0 aromatic heterocycles. The van der Waals surface area contributed by atoms with Gasteiger partial charge >= 0.3 is 11.9 Å². The fourth-order valence-corrected chi connectivity index (χ4v) is 8.95. The van der Waals surface area contributed by atoms with Crippen molar-refractivity contribution in [1.82, 2.24) is 5.32 Å². The second kappa shape index (κ2) is 36.0. The number of ether oxygens (including phenoxy) is 4. The molecule has 0 spiro atoms. The van der Waals surface area contributed by atoms with Crippen LogP contribution in [0.5, 0.6) is 0 Å². The number of hydrogen-bond acceptors (Lipinski definition) is 10. The minimum atomic E-state index is -1.28. The predicted molar refractivity (Wildman–Crippen MR) is 238 cm³/mol. The molecule has 2 rings (SSSR count). The van der Waals surface area contributed by atoms with Crippen molar-refractivity contribution in [2.75, 3.05) is 13.2 Å². The third-order valence-corrected chi connectivity index (χ3v) is 12.8. The number of aliphatic hydroxyl groups excluding tert-OH is 1. The van der Waals surface area contributed by atoms with Crippen LogP contribution in [0.1, 0.15) is 206 Å². The fourth-order valence-electron chi connectivity index (χ4n) is 7.87. The molecule has 342 valence electrons. The van der Waals surface area contributed by atoms with E-state index in [9.17, 15) is 24.1 Å². The molecule has 0 radical (unpaired) electrons. The van der Waals surface area contributed by atoms with E-state index in [0.29, 0.717) is 6.42 Å². The number of esters is 2. The number of aliphatic hydroxyl groups is 1. The Balaban J connectivity index is 1.97. The van der Waals surface area contributed by atoms with Crippen LogP contribution in [-0.2, 0) is 42.4 Å². The molecule has 2 aliphatic heterocycles. The molecule has 2 saturated heterocycles. The van der Waals surface area contributed by atoms with Crippen molar-refractivity contribution in [3.63, 3.8) is 0 Å². The maximum atomic E-state index is 13.4. The number of carbonyl (C=O) groups excluding carboxylic acids is 3. The summed E-state index contributed by atoms with van der Waals surface area (Å²) in [6, 6.07) is -0.784. The summed E-state index contributed by atoms with van der Waals surface area (Å²) >= 11 is 0. The van der Waals surface area contributed by atoms with Crippen LogP contribution in [0.4, 0.5) is 0 Å². The summed E-state index contributed by atoms with van der Waals surface area (Å²) < 4.78 is 41.1. The smallest absolute Gasteiger partial charge is 0.307 e. The van der Waals surface area contributed by atoms with Gasteiger partial charge in [0.15, 0.2) is 14.8 Å². The third-order valence-electron chi connectivity index (χ3n) is 11.6. The Kier molecular flexibility index (Phi) is 32.8. The number of cyclic esters (lactones) is 2. The number of fused-ring (bicyclic) bond motifs is 2. The number of allylic oxidation sites excluding steroid dienone is 1. The maximum Gasteiger partial charge on any atom is 0.307 e. The number of amides is 1. The number of carbonyl (C=O) groups is 3. The Hall–Kier alpha value is -1.48. The Labute approximate surface area is 361 Å². The molecule has 59 heavy (non-hydrogen) atoms. The second-order valence-corrected chi connectivity index (χ2v) is 17.9. The second-order valence-electron chi connectivity index (χ2n) is 16.8. The topological polar surface area (TPSA) is 147 Å². The summed E-state index contributed by atoms with van der Waals surface area (Å²) in [5.41, 5.74) is -0.930. The molecule has 0 aromatic rings. The molecule has 3 unspecified atom stereocenters. The number of rotatable bonds is 32. The van der Waals surface area contributed by atoms with E-state index in [4.69, 9.17) is 23.5 Å². The molecule has 0 saturated carbocycles. The molecule has 2 aliphatic rings. The fraction of sp³-hybridized carbons (Fsp3) is 0.891. The molecule has 0 aromatic carbocycles. The molecule has 2 fully saturated rings. The lowest BCUT2D eigenvalue weighted by molar-refractivity contribution is -0.265. The SMILES string of the molecule is CCCCCCCCCCCCC/C=C/[C@H]1OC(=O)CCC(=O)OCC2O[C@@H](OC[C@@H]1NC(=O)CCCCCCCCCCCCCCCCC)C(OP)[C@@H](P=O)[C@@H]2O. The third kappa shape index (κ3) is 25.3. The molecule has 0 aliphatic carbocycles. The van der Waals surface area contributed by atoms with Gasteiger partial charge in [-0.3, -0.25) is 18.9 Å². The standard InChI is InChI=1S/C46H83NO10P2/c1-3-5-7-9-11-13-15-17-18-20-22-24-26-28-30-32-40(48)47-37-35-54-46-44(57-58)45(59-52)43(51)39(56-46)36-53-41(49)33-34-42(50)55-38(37)31-29-27-25-23-21-19-16-14-12-10-8-6-4-2/h29,31,37-39,43-46,51H,3-28,30,32-36,58H2,1-2H3,(H,47,48)/b31-29+/t37-,38+,39?,43+,44?,45-,46+/m0/s1. The van der Waals surface area contributed by atoms with E-state index in [1.54, 1.807) is 6.08 Å². The van der Waals surface area contributed by atoms with E-state index in [-0.39, 0.29) is 32.0 Å². The monoisotopic (exact) mass is 872 g/mol. The molecule has 11 nitrogen and oxygen atoms in total. The molecule has 8 atom stereocenters. The van der Waals surface area contributed by atoms with Gasteiger partial charge in [-0.1, -0.05) is 174 Å². The summed E-state index contributed by atoms with van der Waals surface area (Å²) in [6.45, 7) is 4.06. The average Bonchev–Trinajstić information content (AvgIpc) is 3.23. The van der Waals surface area contributed by atoms with Gasteiger partial charge in [0, 0.05) is 15.9 Å². The molecule has 1 amide bonds. The van der Waals surface area contributed by atoms with Gasteiger partial charge in [0.1, 0.15) is 24.9 Å². The Bertz CT molecular complexity index is 1130. The summed E-state index contributed by atoms with van der Waals surface area (Å²) in [6.07, 6.45) is 31.5. The van der Waals surface area contributed by atoms with Crippen molar-refractivity contribution < 1.29 is 47.5 Å². The van der Waals surface area contributed by atoms with E-state index in [1.165, 1.54) is 135 Å². The highest BCUT2D eigenvalue weighted by Crippen LogP contribution is 2.33.